The average molecular weight is 427 g/mol. The third-order valence-corrected chi connectivity index (χ3v) is 7.22. The maximum absolute atomic E-state index is 5.93. The van der Waals surface area contributed by atoms with Crippen LogP contribution in [0.25, 0.3) is 0 Å². The predicted molar refractivity (Wildman–Crippen MR) is 138 cm³/mol. The largest absolute Gasteiger partial charge is 0.399 e. The normalized spacial score (nSPS) is 18.5. The van der Waals surface area contributed by atoms with Gasteiger partial charge in [0.05, 0.1) is 0 Å². The lowest BCUT2D eigenvalue weighted by Gasteiger charge is -2.30. The molecule has 1 saturated carbocycles. The van der Waals surface area contributed by atoms with Crippen LogP contribution >= 0.6 is 0 Å². The highest BCUT2D eigenvalue weighted by Crippen LogP contribution is 2.39. The minimum absolute atomic E-state index is 0.697. The molecule has 0 bridgehead atoms. The van der Waals surface area contributed by atoms with Gasteiger partial charge < -0.3 is 11.5 Å². The van der Waals surface area contributed by atoms with Crippen LogP contribution in [0, 0.1) is 5.92 Å². The molecule has 2 nitrogen and oxygen atoms in total. The summed E-state index contributed by atoms with van der Waals surface area (Å²) >= 11 is 0. The second kappa shape index (κ2) is 10.7. The number of nitrogens with two attached hydrogens (primary N) is 2. The molecule has 1 fully saturated rings. The van der Waals surface area contributed by atoms with Crippen LogP contribution in [0.3, 0.4) is 0 Å². The Bertz CT molecular complexity index is 980. The van der Waals surface area contributed by atoms with E-state index in [1.807, 2.05) is 24.3 Å². The number of hydrogen-bond donors (Lipinski definition) is 2. The topological polar surface area (TPSA) is 52.0 Å². The standard InChI is InChI=1S/C30H38N2/c1-2-3-4-22-5-12-26(13-6-22)30-18-11-25(19-23-7-14-28(31)15-8-23)21-27(30)20-24-9-16-29(32)17-10-24/h7-11,14-18,21-22,26H,2-6,12-13,19-20,31-32H2,1H3. The zero-order valence-electron chi connectivity index (χ0n) is 19.5. The fourth-order valence-corrected chi connectivity index (χ4v) is 5.30. The van der Waals surface area contributed by atoms with E-state index in [0.717, 1.165) is 30.1 Å². The van der Waals surface area contributed by atoms with Gasteiger partial charge in [0.25, 0.3) is 0 Å². The highest BCUT2D eigenvalue weighted by molar-refractivity contribution is 5.45. The molecule has 0 spiro atoms. The Balaban J connectivity index is 1.55. The molecule has 0 amide bonds. The molecule has 1 aliphatic carbocycles. The molecule has 3 aromatic rings. The molecule has 0 heterocycles. The van der Waals surface area contributed by atoms with Gasteiger partial charge in [-0.1, -0.05) is 68.7 Å². The van der Waals surface area contributed by atoms with E-state index in [4.69, 9.17) is 11.5 Å². The summed E-state index contributed by atoms with van der Waals surface area (Å²) in [6.07, 6.45) is 11.5. The summed E-state index contributed by atoms with van der Waals surface area (Å²) in [5, 5.41) is 0. The summed E-state index contributed by atoms with van der Waals surface area (Å²) < 4.78 is 0. The average Bonchev–Trinajstić information content (AvgIpc) is 2.81. The lowest BCUT2D eigenvalue weighted by Crippen LogP contribution is -2.15. The first-order valence-corrected chi connectivity index (χ1v) is 12.4. The van der Waals surface area contributed by atoms with Crippen LogP contribution in [-0.4, -0.2) is 0 Å². The summed E-state index contributed by atoms with van der Waals surface area (Å²) in [5.74, 6) is 1.64. The van der Waals surface area contributed by atoms with Crippen LogP contribution in [0.5, 0.6) is 0 Å². The first kappa shape index (κ1) is 22.5. The van der Waals surface area contributed by atoms with Crippen molar-refractivity contribution in [2.45, 2.75) is 70.6 Å². The highest BCUT2D eigenvalue weighted by Gasteiger charge is 2.24. The fraction of sp³-hybridized carbons (Fsp3) is 0.400. The van der Waals surface area contributed by atoms with Crippen molar-refractivity contribution in [3.05, 3.63) is 94.5 Å². The zero-order chi connectivity index (χ0) is 22.3. The Morgan fingerprint density at radius 3 is 1.84 bits per heavy atom. The SMILES string of the molecule is CCCCC1CCC(c2ccc(Cc3ccc(N)cc3)cc2Cc2ccc(N)cc2)CC1. The number of anilines is 2. The van der Waals surface area contributed by atoms with E-state index in [-0.39, 0.29) is 0 Å². The number of rotatable bonds is 8. The van der Waals surface area contributed by atoms with Crippen LogP contribution in [0.15, 0.2) is 66.7 Å². The molecule has 0 aliphatic heterocycles. The van der Waals surface area contributed by atoms with Crippen molar-refractivity contribution in [3.8, 4) is 0 Å². The molecular weight excluding hydrogens is 388 g/mol. The number of hydrogen-bond acceptors (Lipinski definition) is 2. The Morgan fingerprint density at radius 1 is 0.688 bits per heavy atom. The molecule has 4 N–H and O–H groups in total. The molecule has 0 unspecified atom stereocenters. The van der Waals surface area contributed by atoms with Crippen molar-refractivity contribution in [3.63, 3.8) is 0 Å². The molecule has 4 rings (SSSR count). The molecule has 32 heavy (non-hydrogen) atoms. The minimum Gasteiger partial charge on any atom is -0.399 e. The van der Waals surface area contributed by atoms with Gasteiger partial charge >= 0.3 is 0 Å². The molecule has 0 atom stereocenters. The predicted octanol–water partition coefficient (Wildman–Crippen LogP) is 7.50. The zero-order valence-corrected chi connectivity index (χ0v) is 19.5. The van der Waals surface area contributed by atoms with E-state index in [9.17, 15) is 0 Å². The summed E-state index contributed by atoms with van der Waals surface area (Å²) in [6.45, 7) is 2.31. The summed E-state index contributed by atoms with van der Waals surface area (Å²) in [5.41, 5.74) is 20.5. The first-order valence-electron chi connectivity index (χ1n) is 12.4. The van der Waals surface area contributed by atoms with Crippen LogP contribution in [0.2, 0.25) is 0 Å². The first-order chi connectivity index (χ1) is 15.6. The maximum atomic E-state index is 5.93. The lowest BCUT2D eigenvalue weighted by molar-refractivity contribution is 0.303. The van der Waals surface area contributed by atoms with E-state index in [2.05, 4.69) is 49.4 Å². The van der Waals surface area contributed by atoms with E-state index in [0.29, 0.717) is 5.92 Å². The fourth-order valence-electron chi connectivity index (χ4n) is 5.30. The van der Waals surface area contributed by atoms with Gasteiger partial charge in [-0.15, -0.1) is 0 Å². The molecule has 0 saturated heterocycles. The second-order valence-corrected chi connectivity index (χ2v) is 9.73. The highest BCUT2D eigenvalue weighted by atomic mass is 14.5. The molecule has 2 heteroatoms. The Kier molecular flexibility index (Phi) is 7.52. The van der Waals surface area contributed by atoms with Crippen molar-refractivity contribution < 1.29 is 0 Å². The van der Waals surface area contributed by atoms with Crippen molar-refractivity contribution >= 4 is 11.4 Å². The number of benzene rings is 3. The Hall–Kier alpha value is -2.74. The van der Waals surface area contributed by atoms with Crippen LogP contribution in [0.1, 0.15) is 85.6 Å². The van der Waals surface area contributed by atoms with E-state index in [1.165, 1.54) is 67.2 Å². The maximum Gasteiger partial charge on any atom is 0.0314 e. The van der Waals surface area contributed by atoms with Crippen LogP contribution in [-0.2, 0) is 12.8 Å². The monoisotopic (exact) mass is 426 g/mol. The van der Waals surface area contributed by atoms with Crippen molar-refractivity contribution in [2.75, 3.05) is 11.5 Å². The number of unbranched alkanes of at least 4 members (excludes halogenated alkanes) is 1. The van der Waals surface area contributed by atoms with Gasteiger partial charge in [0.2, 0.25) is 0 Å². The van der Waals surface area contributed by atoms with Gasteiger partial charge in [-0.25, -0.2) is 0 Å². The quantitative estimate of drug-likeness (QED) is 0.366. The Labute approximate surface area is 194 Å². The van der Waals surface area contributed by atoms with Gasteiger partial charge in [0.15, 0.2) is 0 Å². The van der Waals surface area contributed by atoms with Crippen molar-refractivity contribution in [1.29, 1.82) is 0 Å². The van der Waals surface area contributed by atoms with Gasteiger partial charge in [-0.05, 0) is 102 Å². The number of nitrogen functional groups attached to an aromatic ring is 2. The van der Waals surface area contributed by atoms with Gasteiger partial charge in [0, 0.05) is 11.4 Å². The van der Waals surface area contributed by atoms with E-state index >= 15 is 0 Å². The summed E-state index contributed by atoms with van der Waals surface area (Å²) in [4.78, 5) is 0. The molecule has 1 aliphatic rings. The smallest absolute Gasteiger partial charge is 0.0314 e. The molecule has 0 aromatic heterocycles. The third-order valence-electron chi connectivity index (χ3n) is 7.22. The van der Waals surface area contributed by atoms with Crippen LogP contribution < -0.4 is 11.5 Å². The summed E-state index contributed by atoms with van der Waals surface area (Å²) in [6, 6.07) is 23.9. The minimum atomic E-state index is 0.697. The molecular formula is C30H38N2. The summed E-state index contributed by atoms with van der Waals surface area (Å²) in [7, 11) is 0. The van der Waals surface area contributed by atoms with Crippen molar-refractivity contribution in [2.24, 2.45) is 5.92 Å². The molecule has 0 radical (unpaired) electrons. The van der Waals surface area contributed by atoms with Crippen molar-refractivity contribution in [1.82, 2.24) is 0 Å². The third kappa shape index (κ3) is 5.94. The van der Waals surface area contributed by atoms with Gasteiger partial charge in [0.1, 0.15) is 0 Å². The Morgan fingerprint density at radius 2 is 1.25 bits per heavy atom. The van der Waals surface area contributed by atoms with E-state index in [1.54, 1.807) is 5.56 Å². The van der Waals surface area contributed by atoms with E-state index < -0.39 is 0 Å². The van der Waals surface area contributed by atoms with Crippen LogP contribution in [0.4, 0.5) is 11.4 Å². The second-order valence-electron chi connectivity index (χ2n) is 9.73. The molecule has 168 valence electrons. The molecule has 3 aromatic carbocycles. The van der Waals surface area contributed by atoms with Gasteiger partial charge in [-0.2, -0.15) is 0 Å². The lowest BCUT2D eigenvalue weighted by atomic mass is 9.75. The van der Waals surface area contributed by atoms with Gasteiger partial charge in [-0.3, -0.25) is 0 Å².